The van der Waals surface area contributed by atoms with Gasteiger partial charge in [-0.25, -0.2) is 9.97 Å². The van der Waals surface area contributed by atoms with Gasteiger partial charge in [-0.1, -0.05) is 24.6 Å². The smallest absolute Gasteiger partial charge is 0.286 e. The molecule has 21 heavy (non-hydrogen) atoms. The van der Waals surface area contributed by atoms with Crippen LogP contribution in [0.3, 0.4) is 0 Å². The fraction of sp³-hybridized carbons (Fsp3) is 0.438. The van der Waals surface area contributed by atoms with E-state index < -0.39 is 5.91 Å². The van der Waals surface area contributed by atoms with Crippen molar-refractivity contribution in [2.75, 3.05) is 19.6 Å². The van der Waals surface area contributed by atoms with Crippen molar-refractivity contribution in [2.24, 2.45) is 5.73 Å². The Kier molecular flexibility index (Phi) is 4.10. The molecule has 0 atom stereocenters. The van der Waals surface area contributed by atoms with E-state index in [0.29, 0.717) is 0 Å². The molecule has 1 aliphatic rings. The van der Waals surface area contributed by atoms with Gasteiger partial charge in [-0.15, -0.1) is 0 Å². The fourth-order valence-electron chi connectivity index (χ4n) is 2.89. The molecule has 0 spiro atoms. The summed E-state index contributed by atoms with van der Waals surface area (Å²) in [6, 6.07) is 7.79. The number of primary amides is 1. The van der Waals surface area contributed by atoms with Crippen molar-refractivity contribution in [3.8, 4) is 0 Å². The number of nitrogens with zero attached hydrogens (tertiary/aromatic N) is 3. The van der Waals surface area contributed by atoms with E-state index in [9.17, 15) is 4.79 Å². The van der Waals surface area contributed by atoms with Crippen molar-refractivity contribution in [3.05, 3.63) is 35.8 Å². The first kappa shape index (κ1) is 13.9. The highest BCUT2D eigenvalue weighted by molar-refractivity contribution is 5.92. The molecule has 3 rings (SSSR count). The molecule has 1 aromatic carbocycles. The summed E-state index contributed by atoms with van der Waals surface area (Å²) in [6.07, 6.45) is 4.70. The number of hydrogen-bond donors (Lipinski definition) is 1. The van der Waals surface area contributed by atoms with Crippen LogP contribution in [0.1, 0.15) is 35.6 Å². The number of carbonyl (C=O) groups excluding carboxylic acids is 1. The Balaban J connectivity index is 1.86. The molecule has 1 fully saturated rings. The molecule has 110 valence electrons. The molecular weight excluding hydrogens is 264 g/mol. The minimum absolute atomic E-state index is 0.113. The van der Waals surface area contributed by atoms with Gasteiger partial charge in [-0.05, 0) is 32.0 Å². The van der Waals surface area contributed by atoms with Crippen molar-refractivity contribution in [3.63, 3.8) is 0 Å². The average molecular weight is 284 g/mol. The number of fused-ring (bicyclic) bond motifs is 1. The third kappa shape index (κ3) is 3.19. The largest absolute Gasteiger partial charge is 0.363 e. The molecule has 2 N–H and O–H groups in total. The molecular formula is C16H20N4O. The van der Waals surface area contributed by atoms with Crippen LogP contribution in [0.4, 0.5) is 0 Å². The number of para-hydroxylation sites is 1. The lowest BCUT2D eigenvalue weighted by molar-refractivity contribution is 0.0990. The van der Waals surface area contributed by atoms with Crippen molar-refractivity contribution >= 4 is 16.8 Å². The molecule has 0 saturated carbocycles. The third-order valence-electron chi connectivity index (χ3n) is 4.02. The quantitative estimate of drug-likeness (QED) is 0.928. The highest BCUT2D eigenvalue weighted by Gasteiger charge is 2.14. The number of aromatic nitrogens is 2. The van der Waals surface area contributed by atoms with Crippen LogP contribution < -0.4 is 5.73 Å². The Morgan fingerprint density at radius 2 is 1.90 bits per heavy atom. The van der Waals surface area contributed by atoms with Crippen molar-refractivity contribution in [1.29, 1.82) is 0 Å². The van der Waals surface area contributed by atoms with Gasteiger partial charge in [0.25, 0.3) is 5.91 Å². The van der Waals surface area contributed by atoms with Crippen molar-refractivity contribution in [2.45, 2.75) is 25.7 Å². The lowest BCUT2D eigenvalue weighted by atomic mass is 10.1. The molecule has 0 unspecified atom stereocenters. The lowest BCUT2D eigenvalue weighted by Gasteiger charge is -2.26. The number of nitrogens with two attached hydrogens (primary N) is 1. The topological polar surface area (TPSA) is 72.1 Å². The van der Waals surface area contributed by atoms with Gasteiger partial charge in [0.05, 0.1) is 11.2 Å². The maximum atomic E-state index is 11.4. The Labute approximate surface area is 124 Å². The maximum absolute atomic E-state index is 11.4. The first-order chi connectivity index (χ1) is 10.2. The van der Waals surface area contributed by atoms with E-state index in [1.54, 1.807) is 0 Å². The monoisotopic (exact) mass is 284 g/mol. The van der Waals surface area contributed by atoms with E-state index in [1.807, 2.05) is 24.3 Å². The van der Waals surface area contributed by atoms with Crippen molar-refractivity contribution in [1.82, 2.24) is 14.9 Å². The summed E-state index contributed by atoms with van der Waals surface area (Å²) < 4.78 is 0. The summed E-state index contributed by atoms with van der Waals surface area (Å²) >= 11 is 0. The predicted molar refractivity (Wildman–Crippen MR) is 82.1 cm³/mol. The molecule has 0 aliphatic carbocycles. The molecule has 5 heteroatoms. The van der Waals surface area contributed by atoms with Gasteiger partial charge in [0.15, 0.2) is 0 Å². The molecule has 1 saturated heterocycles. The molecule has 1 aliphatic heterocycles. The summed E-state index contributed by atoms with van der Waals surface area (Å²) in [5.74, 6) is -0.456. The number of benzene rings is 1. The van der Waals surface area contributed by atoms with Crippen LogP contribution >= 0.6 is 0 Å². The Morgan fingerprint density at radius 3 is 2.67 bits per heavy atom. The fourth-order valence-corrected chi connectivity index (χ4v) is 2.89. The number of hydrogen-bond acceptors (Lipinski definition) is 4. The molecule has 0 radical (unpaired) electrons. The Hall–Kier alpha value is -2.01. The molecule has 2 heterocycles. The van der Waals surface area contributed by atoms with Gasteiger partial charge in [0.2, 0.25) is 5.82 Å². The van der Waals surface area contributed by atoms with Crippen LogP contribution in [0.15, 0.2) is 24.3 Å². The first-order valence-electron chi connectivity index (χ1n) is 7.52. The van der Waals surface area contributed by atoms with Crippen LogP contribution in [-0.2, 0) is 6.42 Å². The zero-order chi connectivity index (χ0) is 14.7. The second-order valence-electron chi connectivity index (χ2n) is 5.53. The highest BCUT2D eigenvalue weighted by atomic mass is 16.1. The van der Waals surface area contributed by atoms with E-state index >= 15 is 0 Å². The standard InChI is InChI=1S/C16H20N4O/c17-15(21)16-18-13-7-3-2-6-12(13)14(19-16)8-11-20-9-4-1-5-10-20/h2-3,6-7H,1,4-5,8-11H2,(H2,17,21). The highest BCUT2D eigenvalue weighted by Crippen LogP contribution is 2.17. The van der Waals surface area contributed by atoms with E-state index in [1.165, 1.54) is 19.3 Å². The average Bonchev–Trinajstić information content (AvgIpc) is 2.53. The zero-order valence-electron chi connectivity index (χ0n) is 12.1. The van der Waals surface area contributed by atoms with Crippen LogP contribution in [0.5, 0.6) is 0 Å². The Bertz CT molecular complexity index is 650. The molecule has 5 nitrogen and oxygen atoms in total. The van der Waals surface area contributed by atoms with E-state index in [4.69, 9.17) is 5.73 Å². The van der Waals surface area contributed by atoms with E-state index in [2.05, 4.69) is 14.9 Å². The molecule has 1 amide bonds. The van der Waals surface area contributed by atoms with E-state index in [0.717, 1.165) is 42.7 Å². The van der Waals surface area contributed by atoms with E-state index in [-0.39, 0.29) is 5.82 Å². The maximum Gasteiger partial charge on any atom is 0.286 e. The number of rotatable bonds is 4. The Morgan fingerprint density at radius 1 is 1.14 bits per heavy atom. The second-order valence-corrected chi connectivity index (χ2v) is 5.53. The van der Waals surface area contributed by atoms with Gasteiger partial charge >= 0.3 is 0 Å². The molecule has 1 aromatic heterocycles. The lowest BCUT2D eigenvalue weighted by Crippen LogP contribution is -2.31. The number of likely N-dealkylation sites (tertiary alicyclic amines) is 1. The van der Waals surface area contributed by atoms with Crippen LogP contribution in [0, 0.1) is 0 Å². The molecule has 2 aromatic rings. The minimum Gasteiger partial charge on any atom is -0.363 e. The van der Waals surface area contributed by atoms with Crippen LogP contribution in [0.2, 0.25) is 0 Å². The minimum atomic E-state index is -0.569. The van der Waals surface area contributed by atoms with Crippen molar-refractivity contribution < 1.29 is 4.79 Å². The third-order valence-corrected chi connectivity index (χ3v) is 4.02. The van der Waals surface area contributed by atoms with Gasteiger partial charge in [-0.3, -0.25) is 4.79 Å². The van der Waals surface area contributed by atoms with Crippen LogP contribution in [-0.4, -0.2) is 40.4 Å². The van der Waals surface area contributed by atoms with Gasteiger partial charge in [-0.2, -0.15) is 0 Å². The van der Waals surface area contributed by atoms with Gasteiger partial charge < -0.3 is 10.6 Å². The SMILES string of the molecule is NC(=O)c1nc(CCN2CCCCC2)c2ccccc2n1. The number of amides is 1. The normalized spacial score (nSPS) is 16.2. The van der Waals surface area contributed by atoms with Crippen LogP contribution in [0.25, 0.3) is 10.9 Å². The van der Waals surface area contributed by atoms with Gasteiger partial charge in [0.1, 0.15) is 0 Å². The zero-order valence-corrected chi connectivity index (χ0v) is 12.1. The summed E-state index contributed by atoms with van der Waals surface area (Å²) in [6.45, 7) is 3.29. The van der Waals surface area contributed by atoms with Gasteiger partial charge in [0, 0.05) is 18.4 Å². The summed E-state index contributed by atoms with van der Waals surface area (Å²) in [5, 5.41) is 1.01. The molecule has 0 bridgehead atoms. The number of piperidine rings is 1. The first-order valence-corrected chi connectivity index (χ1v) is 7.52. The number of carbonyl (C=O) groups is 1. The second kappa shape index (κ2) is 6.18. The summed E-state index contributed by atoms with van der Waals surface area (Å²) in [4.78, 5) is 22.5. The summed E-state index contributed by atoms with van der Waals surface area (Å²) in [7, 11) is 0. The summed E-state index contributed by atoms with van der Waals surface area (Å²) in [5.41, 5.74) is 7.04. The predicted octanol–water partition coefficient (Wildman–Crippen LogP) is 1.76.